The number of hydrogen-bond donors (Lipinski definition) is 1. The molecule has 0 bridgehead atoms. The van der Waals surface area contributed by atoms with Crippen molar-refractivity contribution in [3.63, 3.8) is 0 Å². The first-order valence-corrected chi connectivity index (χ1v) is 7.22. The minimum atomic E-state index is 0.973. The van der Waals surface area contributed by atoms with Crippen LogP contribution in [0.5, 0.6) is 0 Å². The molecular weight excluding hydrogens is 282 g/mol. The number of benzene rings is 1. The summed E-state index contributed by atoms with van der Waals surface area (Å²) in [6.45, 7) is 3.21. The van der Waals surface area contributed by atoms with E-state index in [0.29, 0.717) is 0 Å². The fourth-order valence-corrected chi connectivity index (χ4v) is 3.89. The molecule has 86 valence electrons. The second-order valence-corrected chi connectivity index (χ2v) is 5.86. The first-order chi connectivity index (χ1) is 7.77. The van der Waals surface area contributed by atoms with Gasteiger partial charge in [0.2, 0.25) is 0 Å². The number of hydrogen-bond acceptors (Lipinski definition) is 2. The maximum Gasteiger partial charge on any atom is 0.0491 e. The van der Waals surface area contributed by atoms with Gasteiger partial charge in [-0.05, 0) is 46.4 Å². The van der Waals surface area contributed by atoms with Crippen LogP contribution in [0.1, 0.15) is 23.8 Å². The van der Waals surface area contributed by atoms with Gasteiger partial charge in [0, 0.05) is 20.6 Å². The van der Waals surface area contributed by atoms with Crippen LogP contribution >= 0.6 is 27.3 Å². The fourth-order valence-electron chi connectivity index (χ4n) is 2.01. The molecule has 0 saturated heterocycles. The number of halogens is 1. The van der Waals surface area contributed by atoms with E-state index >= 15 is 0 Å². The standard InChI is InChI=1S/C13H16BrNS/c1-3-5-9-10-6-4-7-11(14)13(10)16-12(9)8-15-2/h4,6-7,15H,3,5,8H2,1-2H3. The highest BCUT2D eigenvalue weighted by Crippen LogP contribution is 2.36. The molecule has 0 aliphatic heterocycles. The lowest BCUT2D eigenvalue weighted by Gasteiger charge is -2.02. The first kappa shape index (κ1) is 12.1. The molecule has 3 heteroatoms. The van der Waals surface area contributed by atoms with Crippen LogP contribution in [-0.2, 0) is 13.0 Å². The Morgan fingerprint density at radius 3 is 2.88 bits per heavy atom. The van der Waals surface area contributed by atoms with E-state index in [-0.39, 0.29) is 0 Å². The van der Waals surface area contributed by atoms with Gasteiger partial charge >= 0.3 is 0 Å². The van der Waals surface area contributed by atoms with Gasteiger partial charge in [0.05, 0.1) is 0 Å². The summed E-state index contributed by atoms with van der Waals surface area (Å²) >= 11 is 5.54. The highest BCUT2D eigenvalue weighted by atomic mass is 79.9. The molecule has 1 aromatic carbocycles. The van der Waals surface area contributed by atoms with E-state index in [0.717, 1.165) is 6.54 Å². The van der Waals surface area contributed by atoms with Crippen LogP contribution in [0.15, 0.2) is 22.7 Å². The van der Waals surface area contributed by atoms with Crippen LogP contribution < -0.4 is 5.32 Å². The van der Waals surface area contributed by atoms with E-state index in [1.807, 2.05) is 18.4 Å². The van der Waals surface area contributed by atoms with Crippen molar-refractivity contribution >= 4 is 37.4 Å². The quantitative estimate of drug-likeness (QED) is 0.885. The highest BCUT2D eigenvalue weighted by molar-refractivity contribution is 9.10. The normalized spacial score (nSPS) is 11.2. The molecule has 0 fully saturated rings. The molecule has 0 spiro atoms. The molecule has 16 heavy (non-hydrogen) atoms. The SMILES string of the molecule is CCCc1c(CNC)sc2c(Br)cccc12. The Kier molecular flexibility index (Phi) is 4.00. The molecular formula is C13H16BrNS. The van der Waals surface area contributed by atoms with E-state index < -0.39 is 0 Å². The van der Waals surface area contributed by atoms with Crippen LogP contribution in [0.2, 0.25) is 0 Å². The van der Waals surface area contributed by atoms with Gasteiger partial charge in [-0.1, -0.05) is 25.5 Å². The zero-order valence-corrected chi connectivity index (χ0v) is 12.0. The molecule has 0 unspecified atom stereocenters. The molecule has 0 aliphatic carbocycles. The van der Waals surface area contributed by atoms with Crippen molar-refractivity contribution in [1.29, 1.82) is 0 Å². The lowest BCUT2D eigenvalue weighted by atomic mass is 10.1. The van der Waals surface area contributed by atoms with E-state index in [1.165, 1.54) is 37.8 Å². The van der Waals surface area contributed by atoms with Crippen molar-refractivity contribution in [2.75, 3.05) is 7.05 Å². The van der Waals surface area contributed by atoms with Gasteiger partial charge in [0.15, 0.2) is 0 Å². The molecule has 1 nitrogen and oxygen atoms in total. The highest BCUT2D eigenvalue weighted by Gasteiger charge is 2.12. The van der Waals surface area contributed by atoms with Gasteiger partial charge in [-0.2, -0.15) is 0 Å². The van der Waals surface area contributed by atoms with Crippen molar-refractivity contribution in [2.24, 2.45) is 0 Å². The van der Waals surface area contributed by atoms with Gasteiger partial charge in [0.1, 0.15) is 0 Å². The Morgan fingerprint density at radius 1 is 1.38 bits per heavy atom. The molecule has 0 aliphatic rings. The molecule has 1 aromatic heterocycles. The van der Waals surface area contributed by atoms with Crippen molar-refractivity contribution < 1.29 is 0 Å². The minimum Gasteiger partial charge on any atom is -0.315 e. The van der Waals surface area contributed by atoms with Crippen LogP contribution in [0.3, 0.4) is 0 Å². The Morgan fingerprint density at radius 2 is 2.19 bits per heavy atom. The lowest BCUT2D eigenvalue weighted by Crippen LogP contribution is -2.05. The average Bonchev–Trinajstić information content (AvgIpc) is 2.61. The number of fused-ring (bicyclic) bond motifs is 1. The summed E-state index contributed by atoms with van der Waals surface area (Å²) in [5.41, 5.74) is 1.53. The number of aryl methyl sites for hydroxylation is 1. The average molecular weight is 298 g/mol. The second-order valence-electron chi connectivity index (χ2n) is 3.90. The van der Waals surface area contributed by atoms with Gasteiger partial charge in [-0.25, -0.2) is 0 Å². The van der Waals surface area contributed by atoms with Crippen molar-refractivity contribution in [3.8, 4) is 0 Å². The molecule has 0 radical (unpaired) electrons. The molecule has 0 saturated carbocycles. The summed E-state index contributed by atoms with van der Waals surface area (Å²) in [5, 5.41) is 4.68. The molecule has 1 heterocycles. The Labute approximate surface area is 109 Å². The zero-order valence-electron chi connectivity index (χ0n) is 9.64. The first-order valence-electron chi connectivity index (χ1n) is 5.61. The smallest absolute Gasteiger partial charge is 0.0491 e. The molecule has 2 aromatic rings. The summed E-state index contributed by atoms with van der Waals surface area (Å²) in [6.07, 6.45) is 2.38. The summed E-state index contributed by atoms with van der Waals surface area (Å²) in [6, 6.07) is 6.49. The van der Waals surface area contributed by atoms with Gasteiger partial charge in [-0.3, -0.25) is 0 Å². The Bertz CT molecular complexity index is 490. The monoisotopic (exact) mass is 297 g/mol. The van der Waals surface area contributed by atoms with Crippen LogP contribution in [-0.4, -0.2) is 7.05 Å². The van der Waals surface area contributed by atoms with Crippen molar-refractivity contribution in [1.82, 2.24) is 5.32 Å². The van der Waals surface area contributed by atoms with Gasteiger partial charge < -0.3 is 5.32 Å². The third-order valence-electron chi connectivity index (χ3n) is 2.69. The molecule has 2 rings (SSSR count). The Hall–Kier alpha value is -0.380. The maximum absolute atomic E-state index is 3.64. The lowest BCUT2D eigenvalue weighted by molar-refractivity contribution is 0.812. The maximum atomic E-state index is 3.64. The molecule has 1 N–H and O–H groups in total. The van der Waals surface area contributed by atoms with E-state index in [9.17, 15) is 0 Å². The van der Waals surface area contributed by atoms with Crippen LogP contribution in [0.25, 0.3) is 10.1 Å². The summed E-state index contributed by atoms with van der Waals surface area (Å²) in [4.78, 5) is 1.48. The Balaban J connectivity index is 2.60. The number of thiophene rings is 1. The van der Waals surface area contributed by atoms with E-state index in [2.05, 4.69) is 46.4 Å². The van der Waals surface area contributed by atoms with E-state index in [1.54, 1.807) is 0 Å². The third-order valence-corrected chi connectivity index (χ3v) is 4.90. The van der Waals surface area contributed by atoms with Crippen molar-refractivity contribution in [2.45, 2.75) is 26.3 Å². The van der Waals surface area contributed by atoms with Gasteiger partial charge in [0.25, 0.3) is 0 Å². The van der Waals surface area contributed by atoms with Gasteiger partial charge in [-0.15, -0.1) is 11.3 Å². The predicted octanol–water partition coefficient (Wildman–Crippen LogP) is 4.34. The zero-order chi connectivity index (χ0) is 11.5. The minimum absolute atomic E-state index is 0.973. The van der Waals surface area contributed by atoms with Crippen molar-refractivity contribution in [3.05, 3.63) is 33.1 Å². The second kappa shape index (κ2) is 5.30. The van der Waals surface area contributed by atoms with Crippen LogP contribution in [0.4, 0.5) is 0 Å². The number of nitrogens with one attached hydrogen (secondary N) is 1. The third kappa shape index (κ3) is 2.17. The predicted molar refractivity (Wildman–Crippen MR) is 76.3 cm³/mol. The summed E-state index contributed by atoms with van der Waals surface area (Å²) < 4.78 is 2.60. The summed E-state index contributed by atoms with van der Waals surface area (Å²) in [7, 11) is 2.01. The topological polar surface area (TPSA) is 12.0 Å². The van der Waals surface area contributed by atoms with E-state index in [4.69, 9.17) is 0 Å². The molecule has 0 amide bonds. The fraction of sp³-hybridized carbons (Fsp3) is 0.385. The number of rotatable bonds is 4. The molecule has 0 atom stereocenters. The largest absolute Gasteiger partial charge is 0.315 e. The van der Waals surface area contributed by atoms with Crippen LogP contribution in [0, 0.1) is 0 Å². The summed E-state index contributed by atoms with van der Waals surface area (Å²) in [5.74, 6) is 0.